The Hall–Kier alpha value is -2.67. The maximum atomic E-state index is 13.1. The van der Waals surface area contributed by atoms with E-state index in [-0.39, 0.29) is 11.8 Å². The lowest BCUT2D eigenvalue weighted by Gasteiger charge is -2.27. The van der Waals surface area contributed by atoms with Crippen LogP contribution < -0.4 is 10.6 Å². The third-order valence-electron chi connectivity index (χ3n) is 6.11. The van der Waals surface area contributed by atoms with Gasteiger partial charge in [0.2, 0.25) is 5.91 Å². The first-order valence-electron chi connectivity index (χ1n) is 10.5. The van der Waals surface area contributed by atoms with E-state index in [0.717, 1.165) is 48.1 Å². The minimum absolute atomic E-state index is 0.230. The number of amides is 2. The first kappa shape index (κ1) is 20.6. The van der Waals surface area contributed by atoms with Gasteiger partial charge in [0.05, 0.1) is 17.4 Å². The van der Waals surface area contributed by atoms with Gasteiger partial charge in [-0.3, -0.25) is 14.4 Å². The molecule has 1 aromatic heterocycles. The molecule has 4 rings (SSSR count). The number of carboxylic acids is 1. The number of hydrogen-bond donors (Lipinski definition) is 3. The number of rotatable bonds is 5. The van der Waals surface area contributed by atoms with E-state index >= 15 is 0 Å². The minimum atomic E-state index is -0.916. The van der Waals surface area contributed by atoms with Crippen molar-refractivity contribution in [2.45, 2.75) is 51.9 Å². The van der Waals surface area contributed by atoms with Crippen LogP contribution in [0.2, 0.25) is 0 Å². The molecule has 0 saturated heterocycles. The molecule has 30 heavy (non-hydrogen) atoms. The molecule has 1 heterocycles. The summed E-state index contributed by atoms with van der Waals surface area (Å²) in [7, 11) is 0. The summed E-state index contributed by atoms with van der Waals surface area (Å²) >= 11 is 1.45. The largest absolute Gasteiger partial charge is 0.481 e. The van der Waals surface area contributed by atoms with Gasteiger partial charge in [-0.25, -0.2) is 0 Å². The van der Waals surface area contributed by atoms with Gasteiger partial charge in [0.15, 0.2) is 0 Å². The van der Waals surface area contributed by atoms with Gasteiger partial charge in [-0.1, -0.05) is 30.5 Å². The van der Waals surface area contributed by atoms with Crippen LogP contribution in [0.5, 0.6) is 0 Å². The number of nitrogens with one attached hydrogen (secondary N) is 2. The van der Waals surface area contributed by atoms with Gasteiger partial charge in [-0.2, -0.15) is 0 Å². The Bertz CT molecular complexity index is 980. The van der Waals surface area contributed by atoms with Crippen molar-refractivity contribution in [3.8, 4) is 0 Å². The van der Waals surface area contributed by atoms with E-state index in [1.54, 1.807) is 0 Å². The van der Waals surface area contributed by atoms with Crippen LogP contribution in [0.3, 0.4) is 0 Å². The Morgan fingerprint density at radius 2 is 1.67 bits per heavy atom. The van der Waals surface area contributed by atoms with Crippen molar-refractivity contribution in [3.63, 3.8) is 0 Å². The van der Waals surface area contributed by atoms with E-state index in [9.17, 15) is 19.5 Å². The number of aliphatic carboxylic acids is 1. The lowest BCUT2D eigenvalue weighted by Crippen LogP contribution is -2.36. The zero-order chi connectivity index (χ0) is 21.3. The summed E-state index contributed by atoms with van der Waals surface area (Å²) in [6, 6.07) is 7.59. The molecule has 0 aliphatic heterocycles. The summed E-state index contributed by atoms with van der Waals surface area (Å²) in [5.74, 6) is -2.64. The standard InChI is InChI=1S/C23H26N2O4S/c1-13-9-11-14(12-10-13)24-21(27)19-17-7-4-8-18(17)30-22(19)25-20(26)15-5-2-3-6-16(15)23(28)29/h9-12,15-16H,2-8H2,1H3,(H,24,27)(H,25,26)(H,28,29)/t15-,16-/m1/s1. The average molecular weight is 427 g/mol. The van der Waals surface area contributed by atoms with Crippen molar-refractivity contribution in [3.05, 3.63) is 45.8 Å². The van der Waals surface area contributed by atoms with Crippen LogP contribution >= 0.6 is 11.3 Å². The van der Waals surface area contributed by atoms with Gasteiger partial charge in [0.1, 0.15) is 5.00 Å². The number of fused-ring (bicyclic) bond motifs is 1. The Morgan fingerprint density at radius 1 is 0.967 bits per heavy atom. The monoisotopic (exact) mass is 426 g/mol. The maximum Gasteiger partial charge on any atom is 0.307 e. The molecular weight excluding hydrogens is 400 g/mol. The van der Waals surface area contributed by atoms with Crippen molar-refractivity contribution in [2.24, 2.45) is 11.8 Å². The Balaban J connectivity index is 1.58. The summed E-state index contributed by atoms with van der Waals surface area (Å²) in [4.78, 5) is 38.8. The topological polar surface area (TPSA) is 95.5 Å². The van der Waals surface area contributed by atoms with Crippen LogP contribution in [0.15, 0.2) is 24.3 Å². The Labute approximate surface area is 179 Å². The second-order valence-corrected chi connectivity index (χ2v) is 9.31. The van der Waals surface area contributed by atoms with E-state index in [1.807, 2.05) is 31.2 Å². The van der Waals surface area contributed by atoms with Gasteiger partial charge in [0, 0.05) is 10.6 Å². The molecule has 0 bridgehead atoms. The van der Waals surface area contributed by atoms with Gasteiger partial charge >= 0.3 is 5.97 Å². The summed E-state index contributed by atoms with van der Waals surface area (Å²) in [6.45, 7) is 1.99. The van der Waals surface area contributed by atoms with Crippen molar-refractivity contribution in [1.29, 1.82) is 0 Å². The summed E-state index contributed by atoms with van der Waals surface area (Å²) in [5.41, 5.74) is 3.36. The third-order valence-corrected chi connectivity index (χ3v) is 7.32. The molecule has 2 atom stereocenters. The average Bonchev–Trinajstić information content (AvgIpc) is 3.30. The van der Waals surface area contributed by atoms with E-state index in [4.69, 9.17) is 0 Å². The second kappa shape index (κ2) is 8.60. The minimum Gasteiger partial charge on any atom is -0.481 e. The number of carbonyl (C=O) groups is 3. The molecule has 2 amide bonds. The van der Waals surface area contributed by atoms with Crippen LogP contribution in [0, 0.1) is 18.8 Å². The SMILES string of the molecule is Cc1ccc(NC(=O)c2c(NC(=O)[C@@H]3CCCC[C@H]3C(=O)O)sc3c2CCC3)cc1. The number of thiophene rings is 1. The third kappa shape index (κ3) is 4.12. The van der Waals surface area contributed by atoms with Gasteiger partial charge in [-0.15, -0.1) is 11.3 Å². The fourth-order valence-corrected chi connectivity index (χ4v) is 5.80. The number of aryl methyl sites for hydroxylation is 2. The summed E-state index contributed by atoms with van der Waals surface area (Å²) in [5, 5.41) is 15.9. The smallest absolute Gasteiger partial charge is 0.307 e. The van der Waals surface area contributed by atoms with Crippen molar-refractivity contribution in [2.75, 3.05) is 10.6 Å². The van der Waals surface area contributed by atoms with Crippen molar-refractivity contribution >= 4 is 39.8 Å². The van der Waals surface area contributed by atoms with Crippen LogP contribution in [0.4, 0.5) is 10.7 Å². The van der Waals surface area contributed by atoms with E-state index in [2.05, 4.69) is 10.6 Å². The molecular formula is C23H26N2O4S. The molecule has 7 heteroatoms. The van der Waals surface area contributed by atoms with Gasteiger partial charge < -0.3 is 15.7 Å². The predicted molar refractivity (Wildman–Crippen MR) is 117 cm³/mol. The van der Waals surface area contributed by atoms with E-state index < -0.39 is 17.8 Å². The van der Waals surface area contributed by atoms with Crippen molar-refractivity contribution in [1.82, 2.24) is 0 Å². The predicted octanol–water partition coefficient (Wildman–Crippen LogP) is 4.63. The number of carbonyl (C=O) groups excluding carboxylic acids is 2. The molecule has 0 radical (unpaired) electrons. The molecule has 2 aliphatic carbocycles. The first-order valence-corrected chi connectivity index (χ1v) is 11.3. The highest BCUT2D eigenvalue weighted by Crippen LogP contribution is 2.40. The fourth-order valence-electron chi connectivity index (χ4n) is 4.51. The summed E-state index contributed by atoms with van der Waals surface area (Å²) < 4.78 is 0. The highest BCUT2D eigenvalue weighted by Gasteiger charge is 2.37. The molecule has 6 nitrogen and oxygen atoms in total. The zero-order valence-electron chi connectivity index (χ0n) is 17.0. The van der Waals surface area contributed by atoms with Crippen LogP contribution in [0.1, 0.15) is 58.5 Å². The fraction of sp³-hybridized carbons (Fsp3) is 0.435. The van der Waals surface area contributed by atoms with Crippen LogP contribution in [-0.4, -0.2) is 22.9 Å². The highest BCUT2D eigenvalue weighted by atomic mass is 32.1. The second-order valence-electron chi connectivity index (χ2n) is 8.21. The van der Waals surface area contributed by atoms with Crippen LogP contribution in [0.25, 0.3) is 0 Å². The number of anilines is 2. The van der Waals surface area contributed by atoms with Gasteiger partial charge in [-0.05, 0) is 56.7 Å². The lowest BCUT2D eigenvalue weighted by molar-refractivity contribution is -0.147. The molecule has 2 aromatic rings. The van der Waals surface area contributed by atoms with Crippen molar-refractivity contribution < 1.29 is 19.5 Å². The number of carboxylic acid groups (broad SMARTS) is 1. The normalized spacial score (nSPS) is 20.4. The Kier molecular flexibility index (Phi) is 5.90. The summed E-state index contributed by atoms with van der Waals surface area (Å²) in [6.07, 6.45) is 5.50. The van der Waals surface area contributed by atoms with E-state index in [0.29, 0.717) is 29.1 Å². The molecule has 1 aromatic carbocycles. The molecule has 2 aliphatic rings. The maximum absolute atomic E-state index is 13.1. The highest BCUT2D eigenvalue weighted by molar-refractivity contribution is 7.17. The van der Waals surface area contributed by atoms with E-state index in [1.165, 1.54) is 11.3 Å². The lowest BCUT2D eigenvalue weighted by atomic mass is 9.79. The molecule has 1 saturated carbocycles. The molecule has 1 fully saturated rings. The Morgan fingerprint density at radius 3 is 2.37 bits per heavy atom. The molecule has 0 unspecified atom stereocenters. The molecule has 0 spiro atoms. The number of hydrogen-bond acceptors (Lipinski definition) is 4. The quantitative estimate of drug-likeness (QED) is 0.650. The zero-order valence-corrected chi connectivity index (χ0v) is 17.8. The first-order chi connectivity index (χ1) is 14.4. The molecule has 3 N–H and O–H groups in total. The van der Waals surface area contributed by atoms with Crippen LogP contribution in [-0.2, 0) is 22.4 Å². The van der Waals surface area contributed by atoms with Gasteiger partial charge in [0.25, 0.3) is 5.91 Å². The number of benzene rings is 1. The molecule has 158 valence electrons.